The van der Waals surface area contributed by atoms with E-state index in [0.29, 0.717) is 6.42 Å². The van der Waals surface area contributed by atoms with Crippen LogP contribution < -0.4 is 51.4 Å². The van der Waals surface area contributed by atoms with Gasteiger partial charge in [0.1, 0.15) is 6.10 Å². The van der Waals surface area contributed by atoms with Crippen LogP contribution in [0.1, 0.15) is 72.6 Å². The smallest absolute Gasteiger partial charge is 1.00 e. The van der Waals surface area contributed by atoms with E-state index in [1.54, 1.807) is 0 Å². The largest absolute Gasteiger partial charge is 1.00 e. The molecule has 8 heteroatoms. The molecule has 1 atom stereocenters. The van der Waals surface area contributed by atoms with Crippen LogP contribution in [0.15, 0.2) is 0 Å². The van der Waals surface area contributed by atoms with Crippen LogP contribution in [0.25, 0.3) is 0 Å². The van der Waals surface area contributed by atoms with Crippen LogP contribution in [0.5, 0.6) is 0 Å². The molecule has 0 aliphatic heterocycles. The van der Waals surface area contributed by atoms with E-state index in [-0.39, 0.29) is 59.4 Å². The van der Waals surface area contributed by atoms with E-state index in [9.17, 15) is 8.42 Å². The molecule has 136 valence electrons. The van der Waals surface area contributed by atoms with Gasteiger partial charge >= 0.3 is 61.8 Å². The van der Waals surface area contributed by atoms with E-state index in [0.717, 1.165) is 12.8 Å². The second-order valence-corrected chi connectivity index (χ2v) is 6.82. The molecule has 0 heterocycles. The average Bonchev–Trinajstić information content (AvgIpc) is 2.50. The molecule has 0 aromatic heterocycles. The van der Waals surface area contributed by atoms with Crippen molar-refractivity contribution in [1.82, 2.24) is 0 Å². The molecule has 1 unspecified atom stereocenters. The summed E-state index contributed by atoms with van der Waals surface area (Å²) in [4.78, 5) is 0. The Kier molecular flexibility index (Phi) is 21.1. The summed E-state index contributed by atoms with van der Waals surface area (Å²) in [6.45, 7) is 1.26. The minimum atomic E-state index is -4.07. The van der Waals surface area contributed by atoms with Crippen LogP contribution in [-0.4, -0.2) is 44.6 Å². The Morgan fingerprint density at radius 1 is 0.913 bits per heavy atom. The molecule has 0 spiro atoms. The van der Waals surface area contributed by atoms with Crippen LogP contribution in [0, 0.1) is 0 Å². The van der Waals surface area contributed by atoms with Crippen LogP contribution in [0.3, 0.4) is 0 Å². The van der Waals surface area contributed by atoms with Crippen molar-refractivity contribution < 1.29 is 79.8 Å². The summed E-state index contributed by atoms with van der Waals surface area (Å²) in [5.74, 6) is 0. The summed E-state index contributed by atoms with van der Waals surface area (Å²) >= 11 is 0. The van der Waals surface area contributed by atoms with Gasteiger partial charge in [-0.15, -0.1) is 0 Å². The van der Waals surface area contributed by atoms with E-state index in [1.165, 1.54) is 44.9 Å². The predicted octanol–water partition coefficient (Wildman–Crippen LogP) is -0.345. The number of hydrogen-bond acceptors (Lipinski definition) is 6. The Morgan fingerprint density at radius 3 is 1.87 bits per heavy atom. The molecule has 6 nitrogen and oxygen atoms in total. The Labute approximate surface area is 185 Å². The van der Waals surface area contributed by atoms with E-state index in [1.807, 2.05) is 0 Å². The van der Waals surface area contributed by atoms with E-state index in [4.69, 9.17) is 10.2 Å². The molecule has 0 rings (SSSR count). The first-order chi connectivity index (χ1) is 10.5. The number of unbranched alkanes of at least 4 members (excludes halogenated alkanes) is 9. The van der Waals surface area contributed by atoms with Crippen molar-refractivity contribution in [1.29, 1.82) is 0 Å². The molecule has 0 aromatic rings. The zero-order valence-corrected chi connectivity index (χ0v) is 18.6. The van der Waals surface area contributed by atoms with Gasteiger partial charge in [0.15, 0.2) is 0 Å². The van der Waals surface area contributed by atoms with Gasteiger partial charge in [-0.3, -0.25) is 0 Å². The van der Waals surface area contributed by atoms with Crippen molar-refractivity contribution in [2.24, 2.45) is 0 Å². The monoisotopic (exact) mass is 380 g/mol. The quantitative estimate of drug-likeness (QED) is 0.281. The molecule has 0 aromatic carbocycles. The maximum Gasteiger partial charge on any atom is 1.00 e. The predicted molar refractivity (Wildman–Crippen MR) is 86.9 cm³/mol. The number of aliphatic hydroxyl groups excluding tert-OH is 2. The first-order valence-electron chi connectivity index (χ1n) is 8.34. The second-order valence-electron chi connectivity index (χ2n) is 5.53. The summed E-state index contributed by atoms with van der Waals surface area (Å²) in [7, 11) is -4.07. The van der Waals surface area contributed by atoms with Crippen molar-refractivity contribution in [3.05, 3.63) is 0 Å². The Morgan fingerprint density at radius 2 is 1.39 bits per heavy atom. The first-order valence-corrected chi connectivity index (χ1v) is 9.68. The van der Waals surface area contributed by atoms with Crippen molar-refractivity contribution in [3.63, 3.8) is 0 Å². The van der Waals surface area contributed by atoms with Gasteiger partial charge < -0.3 is 11.6 Å². The Balaban J connectivity index is -0.00000220. The molecule has 2 N–H and O–H groups in total. The van der Waals surface area contributed by atoms with Gasteiger partial charge in [0.05, 0.1) is 19.8 Å². The van der Waals surface area contributed by atoms with Crippen molar-refractivity contribution in [2.75, 3.05) is 19.8 Å². The van der Waals surface area contributed by atoms with Gasteiger partial charge in [0.2, 0.25) is 0 Å². The van der Waals surface area contributed by atoms with E-state index >= 15 is 0 Å². The van der Waals surface area contributed by atoms with Crippen LogP contribution in [-0.2, 0) is 18.8 Å². The Bertz CT molecular complexity index is 343. The fourth-order valence-electron chi connectivity index (χ4n) is 2.00. The fourth-order valence-corrected chi connectivity index (χ4v) is 2.71. The minimum absolute atomic E-state index is 0. The average molecular weight is 381 g/mol. The number of aliphatic hydroxyl groups is 2. The molecular weight excluding hydrogens is 347 g/mol. The zero-order valence-electron chi connectivity index (χ0n) is 15.7. The molecule has 23 heavy (non-hydrogen) atoms. The molecule has 0 fully saturated rings. The maximum absolute atomic E-state index is 11.3. The van der Waals surface area contributed by atoms with Gasteiger partial charge in [-0.25, -0.2) is 8.37 Å². The van der Waals surface area contributed by atoms with Gasteiger partial charge in [0.25, 0.3) is 0 Å². The van der Waals surface area contributed by atoms with Gasteiger partial charge in [0, 0.05) is 0 Å². The summed E-state index contributed by atoms with van der Waals surface area (Å²) < 4.78 is 31.6. The first kappa shape index (κ1) is 26.7. The van der Waals surface area contributed by atoms with E-state index < -0.39 is 29.7 Å². The third kappa shape index (κ3) is 19.6. The summed E-state index contributed by atoms with van der Waals surface area (Å²) in [5.41, 5.74) is 0. The molecule has 0 amide bonds. The molecule has 0 aliphatic carbocycles. The third-order valence-electron chi connectivity index (χ3n) is 3.34. The second kappa shape index (κ2) is 18.2. The van der Waals surface area contributed by atoms with Crippen LogP contribution in [0.2, 0.25) is 0 Å². The molecule has 0 saturated heterocycles. The third-order valence-corrected chi connectivity index (χ3v) is 4.22. The fraction of sp³-hybridized carbons (Fsp3) is 1.00. The summed E-state index contributed by atoms with van der Waals surface area (Å²) in [5, 5.41) is 17.5. The molecule has 0 bridgehead atoms. The van der Waals surface area contributed by atoms with Crippen LogP contribution in [0.4, 0.5) is 0 Å². The van der Waals surface area contributed by atoms with Crippen molar-refractivity contribution in [2.45, 2.75) is 77.2 Å². The number of hydrogen-bond donors (Lipinski definition) is 2. The SMILES string of the molecule is CCCCCCCCCCCCOS(=O)(=O)OCC(O)CO.[H-].[K+]. The van der Waals surface area contributed by atoms with Gasteiger partial charge in [-0.2, -0.15) is 8.42 Å². The van der Waals surface area contributed by atoms with Gasteiger partial charge in [-0.1, -0.05) is 64.7 Å². The van der Waals surface area contributed by atoms with Crippen LogP contribution >= 0.6 is 0 Å². The standard InChI is InChI=1S/C15H32O6S.K.H/c1-2-3-4-5-6-7-8-9-10-11-12-20-22(18,19)21-14-15(17)13-16;;/h15-17H,2-14H2,1H3;;/q;+1;-1. The maximum atomic E-state index is 11.3. The minimum Gasteiger partial charge on any atom is -1.00 e. The number of rotatable bonds is 16. The molecule has 0 saturated carbocycles. The molecular formula is C15H33KO6S. The zero-order chi connectivity index (χ0) is 16.7. The molecule has 0 radical (unpaired) electrons. The van der Waals surface area contributed by atoms with E-state index in [2.05, 4.69) is 15.3 Å². The topological polar surface area (TPSA) is 93.1 Å². The van der Waals surface area contributed by atoms with Gasteiger partial charge in [-0.05, 0) is 6.42 Å². The summed E-state index contributed by atoms with van der Waals surface area (Å²) in [6, 6.07) is 0. The molecule has 0 aliphatic rings. The van der Waals surface area contributed by atoms with Crippen molar-refractivity contribution in [3.8, 4) is 0 Å². The normalized spacial score (nSPS) is 12.8. The van der Waals surface area contributed by atoms with Crippen molar-refractivity contribution >= 4 is 10.4 Å². The Hall–Kier alpha value is 1.43. The summed E-state index contributed by atoms with van der Waals surface area (Å²) in [6.07, 6.45) is 10.4.